The van der Waals surface area contributed by atoms with E-state index in [0.717, 1.165) is 38.3 Å². The quantitative estimate of drug-likeness (QED) is 0.472. The van der Waals surface area contributed by atoms with Crippen molar-refractivity contribution in [3.8, 4) is 17.0 Å². The molecule has 0 radical (unpaired) electrons. The molecule has 0 saturated carbocycles. The average molecular weight is 338 g/mol. The van der Waals surface area contributed by atoms with Crippen LogP contribution >= 0.6 is 0 Å². The fraction of sp³-hybridized carbons (Fsp3) is 0.0870. The number of fused-ring (bicyclic) bond motifs is 4. The zero-order valence-corrected chi connectivity index (χ0v) is 14.7. The van der Waals surface area contributed by atoms with Crippen molar-refractivity contribution in [1.82, 2.24) is 4.98 Å². The van der Waals surface area contributed by atoms with Crippen LogP contribution in [0.3, 0.4) is 0 Å². The van der Waals surface area contributed by atoms with E-state index in [1.54, 1.807) is 0 Å². The molecule has 0 bridgehead atoms. The first-order chi connectivity index (χ1) is 12.6. The summed E-state index contributed by atoms with van der Waals surface area (Å²) in [5, 5.41) is 13.6. The number of aromatic nitrogens is 1. The molecule has 3 nitrogen and oxygen atoms in total. The summed E-state index contributed by atoms with van der Waals surface area (Å²) in [6, 6.07) is 18.4. The zero-order valence-electron chi connectivity index (χ0n) is 14.7. The van der Waals surface area contributed by atoms with Gasteiger partial charge in [-0.3, -0.25) is 0 Å². The minimum absolute atomic E-state index is 0.203. The molecule has 1 aliphatic heterocycles. The van der Waals surface area contributed by atoms with Crippen LogP contribution in [0.5, 0.6) is 5.88 Å². The van der Waals surface area contributed by atoms with Gasteiger partial charge in [-0.15, -0.1) is 0 Å². The van der Waals surface area contributed by atoms with Gasteiger partial charge in [-0.1, -0.05) is 36.4 Å². The first-order valence-electron chi connectivity index (χ1n) is 8.73. The van der Waals surface area contributed by atoms with Crippen LogP contribution in [0.2, 0.25) is 0 Å². The normalized spacial score (nSPS) is 12.9. The second-order valence-corrected chi connectivity index (χ2v) is 6.84. The van der Waals surface area contributed by atoms with E-state index < -0.39 is 0 Å². The van der Waals surface area contributed by atoms with Crippen LogP contribution in [-0.4, -0.2) is 10.1 Å². The summed E-state index contributed by atoms with van der Waals surface area (Å²) in [6.07, 6.45) is 2.07. The van der Waals surface area contributed by atoms with Gasteiger partial charge in [0, 0.05) is 27.6 Å². The predicted molar refractivity (Wildman–Crippen MR) is 105 cm³/mol. The number of nitrogens with zero attached hydrogens (tertiary/aromatic N) is 1. The Morgan fingerprint density at radius 1 is 1.00 bits per heavy atom. The number of H-pyrrole nitrogens is 1. The first-order valence-corrected chi connectivity index (χ1v) is 8.73. The van der Waals surface area contributed by atoms with Crippen LogP contribution in [0, 0.1) is 13.8 Å². The lowest BCUT2D eigenvalue weighted by atomic mass is 9.95. The number of aromatic amines is 1. The minimum atomic E-state index is 0.203. The molecule has 0 spiro atoms. The molecule has 5 rings (SSSR count). The van der Waals surface area contributed by atoms with Gasteiger partial charge < -0.3 is 10.1 Å². The van der Waals surface area contributed by atoms with Gasteiger partial charge in [-0.05, 0) is 54.5 Å². The summed E-state index contributed by atoms with van der Waals surface area (Å²) in [4.78, 5) is 7.87. The van der Waals surface area contributed by atoms with Crippen molar-refractivity contribution in [3.63, 3.8) is 0 Å². The maximum Gasteiger partial charge on any atom is 0.196 e. The van der Waals surface area contributed by atoms with Gasteiger partial charge in [0.25, 0.3) is 0 Å². The van der Waals surface area contributed by atoms with Gasteiger partial charge in [0.1, 0.15) is 0 Å². The number of aryl methyl sites for hydroxylation is 1. The van der Waals surface area contributed by atoms with Crippen molar-refractivity contribution in [3.05, 3.63) is 81.9 Å². The minimum Gasteiger partial charge on any atom is -0.494 e. The van der Waals surface area contributed by atoms with Gasteiger partial charge in [-0.25, -0.2) is 4.99 Å². The van der Waals surface area contributed by atoms with Gasteiger partial charge in [0.15, 0.2) is 5.88 Å². The van der Waals surface area contributed by atoms with Gasteiger partial charge >= 0.3 is 0 Å². The molecule has 0 unspecified atom stereocenters. The Kier molecular flexibility index (Phi) is 3.07. The Morgan fingerprint density at radius 3 is 2.65 bits per heavy atom. The van der Waals surface area contributed by atoms with Crippen molar-refractivity contribution >= 4 is 22.7 Å². The van der Waals surface area contributed by atoms with E-state index in [4.69, 9.17) is 4.99 Å². The number of hydrogen-bond acceptors (Lipinski definition) is 2. The Labute approximate surface area is 151 Å². The molecular weight excluding hydrogens is 320 g/mol. The van der Waals surface area contributed by atoms with Crippen LogP contribution < -0.4 is 10.6 Å². The summed E-state index contributed by atoms with van der Waals surface area (Å²) >= 11 is 0. The second kappa shape index (κ2) is 5.33. The number of aromatic hydroxyl groups is 1. The molecule has 0 atom stereocenters. The van der Waals surface area contributed by atoms with Crippen LogP contribution in [0.25, 0.3) is 28.1 Å². The lowest BCUT2D eigenvalue weighted by Crippen LogP contribution is -2.18. The molecule has 0 saturated heterocycles. The highest BCUT2D eigenvalue weighted by molar-refractivity contribution is 5.92. The number of para-hydroxylation sites is 2. The summed E-state index contributed by atoms with van der Waals surface area (Å²) in [6.45, 7) is 4.23. The standard InChI is InChI=1S/C23H18N2O/c1-13-11-15(12-18-16-7-3-5-9-19(16)25-23(18)26)14(2)21-17-8-4-6-10-20(17)24-22(13)21/h3-12,25-26H,1-2H3. The maximum absolute atomic E-state index is 10.4. The smallest absolute Gasteiger partial charge is 0.196 e. The number of nitrogens with one attached hydrogen (secondary N) is 1. The molecule has 0 aliphatic carbocycles. The van der Waals surface area contributed by atoms with Crippen LogP contribution in [0.4, 0.5) is 5.69 Å². The third kappa shape index (κ3) is 2.04. The molecule has 2 heterocycles. The maximum atomic E-state index is 10.4. The average Bonchev–Trinajstić information content (AvgIpc) is 3.18. The highest BCUT2D eigenvalue weighted by Crippen LogP contribution is 2.34. The number of hydrogen-bond donors (Lipinski definition) is 2. The van der Waals surface area contributed by atoms with E-state index >= 15 is 0 Å². The molecule has 3 aromatic carbocycles. The van der Waals surface area contributed by atoms with E-state index in [2.05, 4.69) is 49.2 Å². The summed E-state index contributed by atoms with van der Waals surface area (Å²) in [7, 11) is 0. The molecule has 4 aromatic rings. The number of benzene rings is 3. The highest BCUT2D eigenvalue weighted by Gasteiger charge is 2.18. The summed E-state index contributed by atoms with van der Waals surface area (Å²) < 4.78 is 0. The lowest BCUT2D eigenvalue weighted by molar-refractivity contribution is 0.457. The second-order valence-electron chi connectivity index (χ2n) is 6.84. The fourth-order valence-electron chi connectivity index (χ4n) is 3.91. The van der Waals surface area contributed by atoms with Crippen LogP contribution in [-0.2, 0) is 0 Å². The van der Waals surface area contributed by atoms with Gasteiger partial charge in [-0.2, -0.15) is 0 Å². The molecular formula is C23H18N2O. The fourth-order valence-corrected chi connectivity index (χ4v) is 3.91. The molecule has 126 valence electrons. The van der Waals surface area contributed by atoms with Gasteiger partial charge in [0.05, 0.1) is 11.0 Å². The van der Waals surface area contributed by atoms with Crippen molar-refractivity contribution in [2.24, 2.45) is 4.99 Å². The first kappa shape index (κ1) is 15.0. The van der Waals surface area contributed by atoms with Gasteiger partial charge in [0.2, 0.25) is 0 Å². The van der Waals surface area contributed by atoms with Crippen molar-refractivity contribution < 1.29 is 5.11 Å². The molecule has 1 aliphatic rings. The van der Waals surface area contributed by atoms with E-state index in [-0.39, 0.29) is 5.88 Å². The highest BCUT2D eigenvalue weighted by atomic mass is 16.3. The molecule has 2 N–H and O–H groups in total. The Balaban J connectivity index is 1.84. The Morgan fingerprint density at radius 2 is 1.77 bits per heavy atom. The summed E-state index contributed by atoms with van der Waals surface area (Å²) in [5.74, 6) is 0.203. The molecule has 26 heavy (non-hydrogen) atoms. The van der Waals surface area contributed by atoms with E-state index in [9.17, 15) is 5.11 Å². The molecule has 0 fully saturated rings. The Bertz CT molecular complexity index is 1310. The lowest BCUT2D eigenvalue weighted by Gasteiger charge is -2.06. The van der Waals surface area contributed by atoms with Crippen molar-refractivity contribution in [2.75, 3.05) is 0 Å². The van der Waals surface area contributed by atoms with E-state index in [0.29, 0.717) is 0 Å². The van der Waals surface area contributed by atoms with E-state index in [1.165, 1.54) is 16.7 Å². The largest absolute Gasteiger partial charge is 0.494 e. The van der Waals surface area contributed by atoms with Crippen LogP contribution in [0.15, 0.2) is 59.6 Å². The monoisotopic (exact) mass is 338 g/mol. The number of rotatable bonds is 1. The SMILES string of the molecule is Cc1c2c(c(C)cc1=Cc1c(O)[nH]c3ccccc13)=Nc1ccccc1-2. The van der Waals surface area contributed by atoms with Crippen molar-refractivity contribution in [1.29, 1.82) is 0 Å². The zero-order chi connectivity index (χ0) is 17.8. The molecule has 1 aromatic heterocycles. The van der Waals surface area contributed by atoms with Crippen LogP contribution in [0.1, 0.15) is 16.7 Å². The van der Waals surface area contributed by atoms with E-state index in [1.807, 2.05) is 30.3 Å². The predicted octanol–water partition coefficient (Wildman–Crippen LogP) is 4.25. The molecule has 3 heteroatoms. The summed E-state index contributed by atoms with van der Waals surface area (Å²) in [5.41, 5.74) is 7.50. The third-order valence-corrected chi connectivity index (χ3v) is 5.22. The topological polar surface area (TPSA) is 48.4 Å². The molecule has 0 amide bonds. The van der Waals surface area contributed by atoms with Crippen molar-refractivity contribution in [2.45, 2.75) is 13.8 Å². The third-order valence-electron chi connectivity index (χ3n) is 5.22. The Hall–Kier alpha value is -3.33.